The number of carbonyl (C=O) groups excluding carboxylic acids is 3. The van der Waals surface area contributed by atoms with Gasteiger partial charge < -0.3 is 10.1 Å². The Balaban J connectivity index is 1.37. The van der Waals surface area contributed by atoms with Crippen LogP contribution in [0.2, 0.25) is 0 Å². The molecule has 0 radical (unpaired) electrons. The minimum atomic E-state index is -0.611. The summed E-state index contributed by atoms with van der Waals surface area (Å²) in [5, 5.41) is 4.17. The second-order valence-corrected chi connectivity index (χ2v) is 9.71. The number of ether oxygens (including phenoxy) is 1. The highest BCUT2D eigenvalue weighted by Crippen LogP contribution is 2.32. The van der Waals surface area contributed by atoms with Gasteiger partial charge in [-0.15, -0.1) is 0 Å². The van der Waals surface area contributed by atoms with Gasteiger partial charge in [-0.25, -0.2) is 4.79 Å². The molecule has 0 atom stereocenters. The van der Waals surface area contributed by atoms with Gasteiger partial charge in [0.2, 0.25) is 0 Å². The first-order valence-corrected chi connectivity index (χ1v) is 12.0. The maximum Gasteiger partial charge on any atom is 0.338 e. The number of esters is 1. The van der Waals surface area contributed by atoms with Crippen LogP contribution in [0.15, 0.2) is 65.6 Å². The fourth-order valence-electron chi connectivity index (χ4n) is 3.52. The molecule has 4 rings (SSSR count). The standard InChI is InChI=1S/C26H23N3O4S2/c1-16-4-12-21(13-5-16)27-23(30)15-33-25(32)20-10-8-19(9-11-20)14-22-24(31)29(26(34)35-22)28-17(2)6-7-18(28)3/h4-14H,15H2,1-3H3,(H,27,30)/b22-14-. The van der Waals surface area contributed by atoms with Gasteiger partial charge in [0.25, 0.3) is 11.8 Å². The predicted molar refractivity (Wildman–Crippen MR) is 142 cm³/mol. The fourth-order valence-corrected chi connectivity index (χ4v) is 4.76. The SMILES string of the molecule is Cc1ccc(NC(=O)COC(=O)c2ccc(/C=C3\SC(=S)N(n4c(C)ccc4C)C3=O)cc2)cc1. The van der Waals surface area contributed by atoms with Crippen molar-refractivity contribution in [1.29, 1.82) is 0 Å². The van der Waals surface area contributed by atoms with Crippen molar-refractivity contribution in [2.45, 2.75) is 20.8 Å². The van der Waals surface area contributed by atoms with Crippen molar-refractivity contribution >= 4 is 57.8 Å². The highest BCUT2D eigenvalue weighted by atomic mass is 32.2. The van der Waals surface area contributed by atoms with E-state index < -0.39 is 18.5 Å². The summed E-state index contributed by atoms with van der Waals surface area (Å²) >= 11 is 6.67. The van der Waals surface area contributed by atoms with E-state index in [1.165, 1.54) is 16.8 Å². The van der Waals surface area contributed by atoms with Crippen LogP contribution in [-0.2, 0) is 14.3 Å². The van der Waals surface area contributed by atoms with Crippen molar-refractivity contribution < 1.29 is 19.1 Å². The molecule has 1 aliphatic rings. The van der Waals surface area contributed by atoms with Gasteiger partial charge in [0.15, 0.2) is 10.9 Å². The smallest absolute Gasteiger partial charge is 0.338 e. The molecule has 2 amide bonds. The molecule has 35 heavy (non-hydrogen) atoms. The molecule has 1 aromatic heterocycles. The third-order valence-electron chi connectivity index (χ3n) is 5.32. The molecule has 1 saturated heterocycles. The Bertz CT molecular complexity index is 1320. The number of aromatic nitrogens is 1. The Labute approximate surface area is 212 Å². The normalized spacial score (nSPS) is 14.5. The average molecular weight is 506 g/mol. The van der Waals surface area contributed by atoms with Crippen LogP contribution in [0.4, 0.5) is 5.69 Å². The van der Waals surface area contributed by atoms with Gasteiger partial charge in [0, 0.05) is 17.1 Å². The molecule has 0 bridgehead atoms. The monoisotopic (exact) mass is 505 g/mol. The van der Waals surface area contributed by atoms with E-state index in [0.29, 0.717) is 20.5 Å². The van der Waals surface area contributed by atoms with Gasteiger partial charge >= 0.3 is 5.97 Å². The van der Waals surface area contributed by atoms with E-state index in [1.807, 2.05) is 45.0 Å². The van der Waals surface area contributed by atoms with Crippen molar-refractivity contribution in [3.05, 3.63) is 93.6 Å². The molecule has 0 saturated carbocycles. The number of rotatable bonds is 6. The molecule has 2 heterocycles. The number of nitrogens with one attached hydrogen (secondary N) is 1. The first-order chi connectivity index (χ1) is 16.7. The fraction of sp³-hybridized carbons (Fsp3) is 0.154. The molecular formula is C26H23N3O4S2. The second-order valence-electron chi connectivity index (χ2n) is 8.03. The van der Waals surface area contributed by atoms with Gasteiger partial charge in [-0.2, -0.15) is 5.01 Å². The lowest BCUT2D eigenvalue weighted by Crippen LogP contribution is -2.39. The number of amides is 2. The van der Waals surface area contributed by atoms with Crippen LogP contribution in [0.3, 0.4) is 0 Å². The second kappa shape index (κ2) is 10.3. The maximum atomic E-state index is 13.0. The highest BCUT2D eigenvalue weighted by molar-refractivity contribution is 8.27. The van der Waals surface area contributed by atoms with E-state index in [9.17, 15) is 14.4 Å². The summed E-state index contributed by atoms with van der Waals surface area (Å²) in [6.07, 6.45) is 1.73. The van der Waals surface area contributed by atoms with E-state index in [2.05, 4.69) is 5.32 Å². The molecule has 178 valence electrons. The molecule has 1 N–H and O–H groups in total. The summed E-state index contributed by atoms with van der Waals surface area (Å²) in [6, 6.07) is 17.8. The number of thiocarbonyl (C=S) groups is 1. The van der Waals surface area contributed by atoms with Crippen LogP contribution in [-0.4, -0.2) is 33.4 Å². The minimum Gasteiger partial charge on any atom is -0.452 e. The zero-order valence-electron chi connectivity index (χ0n) is 19.4. The van der Waals surface area contributed by atoms with Gasteiger partial charge in [0.05, 0.1) is 10.5 Å². The number of carbonyl (C=O) groups is 3. The van der Waals surface area contributed by atoms with Gasteiger partial charge in [-0.1, -0.05) is 41.6 Å². The summed E-state index contributed by atoms with van der Waals surface area (Å²) in [4.78, 5) is 37.9. The maximum absolute atomic E-state index is 13.0. The summed E-state index contributed by atoms with van der Waals surface area (Å²) in [6.45, 7) is 5.39. The number of aryl methyl sites for hydroxylation is 3. The molecule has 0 spiro atoms. The van der Waals surface area contributed by atoms with Gasteiger partial charge in [-0.05, 0) is 81.0 Å². The Morgan fingerprint density at radius 1 is 0.971 bits per heavy atom. The molecule has 0 aliphatic carbocycles. The Morgan fingerprint density at radius 2 is 1.60 bits per heavy atom. The molecule has 3 aromatic rings. The molecule has 2 aromatic carbocycles. The zero-order valence-corrected chi connectivity index (χ0v) is 21.0. The average Bonchev–Trinajstić information content (AvgIpc) is 3.30. The van der Waals surface area contributed by atoms with E-state index in [0.717, 1.165) is 22.5 Å². The Kier molecular flexibility index (Phi) is 7.18. The van der Waals surface area contributed by atoms with Crippen LogP contribution in [0, 0.1) is 20.8 Å². The highest BCUT2D eigenvalue weighted by Gasteiger charge is 2.34. The molecular weight excluding hydrogens is 482 g/mol. The molecule has 1 aliphatic heterocycles. The van der Waals surface area contributed by atoms with Crippen LogP contribution < -0.4 is 10.3 Å². The van der Waals surface area contributed by atoms with Crippen molar-refractivity contribution in [1.82, 2.24) is 4.68 Å². The van der Waals surface area contributed by atoms with E-state index >= 15 is 0 Å². The quantitative estimate of drug-likeness (QED) is 0.296. The predicted octanol–water partition coefficient (Wildman–Crippen LogP) is 4.75. The van der Waals surface area contributed by atoms with Crippen LogP contribution in [0.1, 0.15) is 32.9 Å². The van der Waals surface area contributed by atoms with Crippen molar-refractivity contribution in [2.75, 3.05) is 16.9 Å². The van der Waals surface area contributed by atoms with Crippen molar-refractivity contribution in [3.63, 3.8) is 0 Å². The molecule has 9 heteroatoms. The van der Waals surface area contributed by atoms with E-state index in [1.54, 1.807) is 47.2 Å². The molecule has 1 fully saturated rings. The van der Waals surface area contributed by atoms with Crippen molar-refractivity contribution in [2.24, 2.45) is 0 Å². The Hall–Kier alpha value is -3.69. The lowest BCUT2D eigenvalue weighted by atomic mass is 10.1. The molecule has 0 unspecified atom stereocenters. The summed E-state index contributed by atoms with van der Waals surface area (Å²) in [7, 11) is 0. The third-order valence-corrected chi connectivity index (χ3v) is 6.60. The topological polar surface area (TPSA) is 80.6 Å². The lowest BCUT2D eigenvalue weighted by Gasteiger charge is -2.20. The number of benzene rings is 2. The number of nitrogens with zero attached hydrogens (tertiary/aromatic N) is 2. The zero-order chi connectivity index (χ0) is 25.1. The number of thioether (sulfide) groups is 1. The van der Waals surface area contributed by atoms with Crippen molar-refractivity contribution in [3.8, 4) is 0 Å². The van der Waals surface area contributed by atoms with E-state index in [4.69, 9.17) is 17.0 Å². The number of hydrogen-bond donors (Lipinski definition) is 1. The summed E-state index contributed by atoms with van der Waals surface area (Å²) < 4.78 is 7.37. The van der Waals surface area contributed by atoms with Crippen LogP contribution in [0.25, 0.3) is 6.08 Å². The first-order valence-electron chi connectivity index (χ1n) is 10.8. The van der Waals surface area contributed by atoms with E-state index in [-0.39, 0.29) is 5.91 Å². The number of anilines is 1. The largest absolute Gasteiger partial charge is 0.452 e. The van der Waals surface area contributed by atoms with Crippen LogP contribution in [0.5, 0.6) is 0 Å². The summed E-state index contributed by atoms with van der Waals surface area (Å²) in [5.74, 6) is -1.24. The first kappa shape index (κ1) is 24.4. The van der Waals surface area contributed by atoms with Gasteiger partial charge in [0.1, 0.15) is 0 Å². The van der Waals surface area contributed by atoms with Crippen LogP contribution >= 0.6 is 24.0 Å². The number of hydrogen-bond acceptors (Lipinski definition) is 6. The third kappa shape index (κ3) is 5.52. The van der Waals surface area contributed by atoms with Gasteiger partial charge in [-0.3, -0.25) is 14.3 Å². The summed E-state index contributed by atoms with van der Waals surface area (Å²) in [5.41, 5.74) is 4.58. The Morgan fingerprint density at radius 3 is 2.23 bits per heavy atom. The molecule has 7 nitrogen and oxygen atoms in total. The minimum absolute atomic E-state index is 0.203. The lowest BCUT2D eigenvalue weighted by molar-refractivity contribution is -0.119.